The zero-order valence-corrected chi connectivity index (χ0v) is 11.7. The van der Waals surface area contributed by atoms with E-state index in [-0.39, 0.29) is 18.2 Å². The molecule has 1 rings (SSSR count). The van der Waals surface area contributed by atoms with Gasteiger partial charge in [0.2, 0.25) is 10.0 Å². The van der Waals surface area contributed by atoms with Crippen molar-refractivity contribution in [2.24, 2.45) is 0 Å². The third-order valence-corrected chi connectivity index (χ3v) is 4.84. The first kappa shape index (κ1) is 15.2. The van der Waals surface area contributed by atoms with Crippen LogP contribution in [0.15, 0.2) is 24.3 Å². The molecule has 0 heterocycles. The molecule has 1 unspecified atom stereocenters. The zero-order valence-electron chi connectivity index (χ0n) is 10.9. The molecule has 1 aromatic carbocycles. The summed E-state index contributed by atoms with van der Waals surface area (Å²) in [6, 6.07) is 10.1. The van der Waals surface area contributed by atoms with Crippen molar-refractivity contribution in [3.05, 3.63) is 35.4 Å². The molecule has 0 saturated carbocycles. The number of rotatable bonds is 5. The van der Waals surface area contributed by atoms with Crippen molar-refractivity contribution in [1.82, 2.24) is 4.31 Å². The van der Waals surface area contributed by atoms with E-state index in [1.807, 2.05) is 12.1 Å². The maximum absolute atomic E-state index is 12.2. The normalized spacial score (nSPS) is 12.7. The Morgan fingerprint density at radius 1 is 1.32 bits per heavy atom. The minimum Gasteiger partial charge on any atom is -0.212 e. The summed E-state index contributed by atoms with van der Waals surface area (Å²) >= 11 is 0. The first-order valence-electron chi connectivity index (χ1n) is 5.73. The molecule has 0 spiro atoms. The summed E-state index contributed by atoms with van der Waals surface area (Å²) in [6.07, 6.45) is 0.135. The molecule has 0 N–H and O–H groups in total. The molecular weight excluding hydrogens is 262 g/mol. The minimum atomic E-state index is -3.54. The van der Waals surface area contributed by atoms with E-state index in [1.54, 1.807) is 31.2 Å². The molecule has 0 saturated heterocycles. The van der Waals surface area contributed by atoms with E-state index in [2.05, 4.69) is 0 Å². The van der Waals surface area contributed by atoms with Crippen molar-refractivity contribution in [2.45, 2.75) is 25.1 Å². The molecule has 0 fully saturated rings. The first-order valence-corrected chi connectivity index (χ1v) is 7.34. The number of hydrogen-bond donors (Lipinski definition) is 0. The standard InChI is InChI=1S/C13H15N3O2S/c1-11(7-8-14)16(2)19(17,18)10-13-6-4-3-5-12(13)9-15/h3-6,11H,7,10H2,1-2H3. The van der Waals surface area contributed by atoms with E-state index >= 15 is 0 Å². The van der Waals surface area contributed by atoms with E-state index < -0.39 is 10.0 Å². The maximum atomic E-state index is 12.2. The summed E-state index contributed by atoms with van der Waals surface area (Å²) in [4.78, 5) is 0. The molecule has 0 aromatic heterocycles. The second-order valence-electron chi connectivity index (χ2n) is 4.25. The van der Waals surface area contributed by atoms with Crippen LogP contribution in [0.5, 0.6) is 0 Å². The fraction of sp³-hybridized carbons (Fsp3) is 0.385. The van der Waals surface area contributed by atoms with Crippen LogP contribution in [-0.4, -0.2) is 25.8 Å². The van der Waals surface area contributed by atoms with Gasteiger partial charge in [0.25, 0.3) is 0 Å². The molecular formula is C13H15N3O2S. The molecule has 5 nitrogen and oxygen atoms in total. The highest BCUT2D eigenvalue weighted by molar-refractivity contribution is 7.88. The van der Waals surface area contributed by atoms with Crippen LogP contribution in [0.4, 0.5) is 0 Å². The summed E-state index contributed by atoms with van der Waals surface area (Å²) in [6.45, 7) is 1.68. The van der Waals surface area contributed by atoms with Crippen molar-refractivity contribution in [2.75, 3.05) is 7.05 Å². The number of hydrogen-bond acceptors (Lipinski definition) is 4. The van der Waals surface area contributed by atoms with Gasteiger partial charge in [-0.15, -0.1) is 0 Å². The summed E-state index contributed by atoms with van der Waals surface area (Å²) in [5.74, 6) is -0.233. The molecule has 0 bridgehead atoms. The zero-order chi connectivity index (χ0) is 14.5. The fourth-order valence-electron chi connectivity index (χ4n) is 1.59. The quantitative estimate of drug-likeness (QED) is 0.818. The molecule has 0 radical (unpaired) electrons. The van der Waals surface area contributed by atoms with Crippen LogP contribution >= 0.6 is 0 Å². The Bertz CT molecular complexity index is 626. The van der Waals surface area contributed by atoms with Gasteiger partial charge in [0.05, 0.1) is 29.9 Å². The van der Waals surface area contributed by atoms with Gasteiger partial charge in [0.15, 0.2) is 0 Å². The third-order valence-electron chi connectivity index (χ3n) is 2.92. The van der Waals surface area contributed by atoms with E-state index in [0.717, 1.165) is 0 Å². The molecule has 1 atom stereocenters. The van der Waals surface area contributed by atoms with E-state index in [1.165, 1.54) is 11.4 Å². The topological polar surface area (TPSA) is 85.0 Å². The molecule has 19 heavy (non-hydrogen) atoms. The molecule has 0 aliphatic heterocycles. The lowest BCUT2D eigenvalue weighted by Crippen LogP contribution is -2.35. The van der Waals surface area contributed by atoms with Crippen LogP contribution in [0, 0.1) is 22.7 Å². The Hall–Kier alpha value is -1.89. The van der Waals surface area contributed by atoms with Gasteiger partial charge in [-0.2, -0.15) is 10.5 Å². The van der Waals surface area contributed by atoms with Crippen LogP contribution in [0.1, 0.15) is 24.5 Å². The highest BCUT2D eigenvalue weighted by atomic mass is 32.2. The minimum absolute atomic E-state index is 0.135. The van der Waals surface area contributed by atoms with Gasteiger partial charge < -0.3 is 0 Å². The largest absolute Gasteiger partial charge is 0.218 e. The number of nitriles is 2. The molecule has 0 aliphatic carbocycles. The number of benzene rings is 1. The number of sulfonamides is 1. The van der Waals surface area contributed by atoms with Crippen molar-refractivity contribution >= 4 is 10.0 Å². The van der Waals surface area contributed by atoms with Crippen LogP contribution in [0.2, 0.25) is 0 Å². The molecule has 0 amide bonds. The predicted molar refractivity (Wildman–Crippen MR) is 71.2 cm³/mol. The van der Waals surface area contributed by atoms with Crippen LogP contribution in [-0.2, 0) is 15.8 Å². The highest BCUT2D eigenvalue weighted by Crippen LogP contribution is 2.16. The molecule has 0 aliphatic rings. The Morgan fingerprint density at radius 3 is 2.53 bits per heavy atom. The summed E-state index contributed by atoms with van der Waals surface area (Å²) in [5, 5.41) is 17.6. The van der Waals surface area contributed by atoms with E-state index in [9.17, 15) is 8.42 Å². The average molecular weight is 277 g/mol. The SMILES string of the molecule is CC(CC#N)N(C)S(=O)(=O)Cc1ccccc1C#N. The second-order valence-corrected chi connectivity index (χ2v) is 6.28. The molecule has 6 heteroatoms. The van der Waals surface area contributed by atoms with Crippen LogP contribution in [0.25, 0.3) is 0 Å². The lowest BCUT2D eigenvalue weighted by Gasteiger charge is -2.22. The third kappa shape index (κ3) is 3.78. The van der Waals surface area contributed by atoms with E-state index in [4.69, 9.17) is 10.5 Å². The Morgan fingerprint density at radius 2 is 1.95 bits per heavy atom. The lowest BCUT2D eigenvalue weighted by atomic mass is 10.1. The van der Waals surface area contributed by atoms with Gasteiger partial charge in [-0.25, -0.2) is 12.7 Å². The fourth-order valence-corrected chi connectivity index (χ4v) is 3.06. The Balaban J connectivity index is 2.98. The van der Waals surface area contributed by atoms with E-state index in [0.29, 0.717) is 11.1 Å². The monoisotopic (exact) mass is 277 g/mol. The summed E-state index contributed by atoms with van der Waals surface area (Å²) < 4.78 is 25.6. The van der Waals surface area contributed by atoms with Gasteiger partial charge in [-0.05, 0) is 18.6 Å². The second kappa shape index (κ2) is 6.33. The summed E-state index contributed by atoms with van der Waals surface area (Å²) in [7, 11) is -2.09. The van der Waals surface area contributed by atoms with Gasteiger partial charge >= 0.3 is 0 Å². The van der Waals surface area contributed by atoms with Crippen LogP contribution < -0.4 is 0 Å². The van der Waals surface area contributed by atoms with Gasteiger partial charge in [-0.3, -0.25) is 0 Å². The van der Waals surface area contributed by atoms with Crippen molar-refractivity contribution in [3.8, 4) is 12.1 Å². The Labute approximate surface area is 113 Å². The molecule has 1 aromatic rings. The van der Waals surface area contributed by atoms with Gasteiger partial charge in [0.1, 0.15) is 0 Å². The van der Waals surface area contributed by atoms with Crippen molar-refractivity contribution in [3.63, 3.8) is 0 Å². The Kier molecular flexibility index (Phi) is 5.05. The highest BCUT2D eigenvalue weighted by Gasteiger charge is 2.24. The van der Waals surface area contributed by atoms with Gasteiger partial charge in [-0.1, -0.05) is 18.2 Å². The predicted octanol–water partition coefficient (Wildman–Crippen LogP) is 1.62. The average Bonchev–Trinajstić information content (AvgIpc) is 2.38. The number of nitrogens with zero attached hydrogens (tertiary/aromatic N) is 3. The maximum Gasteiger partial charge on any atom is 0.218 e. The lowest BCUT2D eigenvalue weighted by molar-refractivity contribution is 0.392. The van der Waals surface area contributed by atoms with Crippen molar-refractivity contribution < 1.29 is 8.42 Å². The molecule has 100 valence electrons. The first-order chi connectivity index (χ1) is 8.92. The van der Waals surface area contributed by atoms with Gasteiger partial charge in [0, 0.05) is 13.1 Å². The van der Waals surface area contributed by atoms with Crippen LogP contribution in [0.3, 0.4) is 0 Å². The van der Waals surface area contributed by atoms with Crippen molar-refractivity contribution in [1.29, 1.82) is 10.5 Å². The smallest absolute Gasteiger partial charge is 0.212 e. The summed E-state index contributed by atoms with van der Waals surface area (Å²) in [5.41, 5.74) is 0.827.